The minimum absolute atomic E-state index is 0.0773. The zero-order valence-corrected chi connectivity index (χ0v) is 16.4. The van der Waals surface area contributed by atoms with Gasteiger partial charge < -0.3 is 14.6 Å². The molecule has 0 unspecified atom stereocenters. The lowest BCUT2D eigenvalue weighted by atomic mass is 10.1. The van der Waals surface area contributed by atoms with Gasteiger partial charge in [0.05, 0.1) is 17.4 Å². The topological polar surface area (TPSA) is 77.4 Å². The number of thioether (sulfide) groups is 1. The number of hydrogen-bond acceptors (Lipinski definition) is 5. The van der Waals surface area contributed by atoms with E-state index in [0.717, 1.165) is 28.5 Å². The molecule has 0 aliphatic carbocycles. The highest BCUT2D eigenvalue weighted by molar-refractivity contribution is 8.01. The van der Waals surface area contributed by atoms with E-state index >= 15 is 0 Å². The van der Waals surface area contributed by atoms with E-state index in [1.807, 2.05) is 55.7 Å². The van der Waals surface area contributed by atoms with Crippen molar-refractivity contribution in [2.75, 3.05) is 11.9 Å². The summed E-state index contributed by atoms with van der Waals surface area (Å²) < 4.78 is 7.18. The first-order chi connectivity index (χ1) is 12.9. The third-order valence-corrected chi connectivity index (χ3v) is 5.89. The molecule has 1 aromatic heterocycles. The number of para-hydroxylation sites is 1. The molecule has 1 aliphatic heterocycles. The molecule has 2 heterocycles. The molecule has 1 atom stereocenters. The van der Waals surface area contributed by atoms with Gasteiger partial charge in [0.25, 0.3) is 0 Å². The van der Waals surface area contributed by atoms with E-state index in [2.05, 4.69) is 5.32 Å². The number of benzene rings is 1. The lowest BCUT2D eigenvalue weighted by Gasteiger charge is -2.23. The van der Waals surface area contributed by atoms with Crippen molar-refractivity contribution < 1.29 is 19.1 Å². The van der Waals surface area contributed by atoms with Gasteiger partial charge in [0.2, 0.25) is 11.7 Å². The summed E-state index contributed by atoms with van der Waals surface area (Å²) >= 11 is 1.33. The van der Waals surface area contributed by atoms with Gasteiger partial charge in [-0.25, -0.2) is 0 Å². The molecule has 1 amide bonds. The Morgan fingerprint density at radius 2 is 2.00 bits per heavy atom. The number of amides is 1. The number of Topliss-reactive ketones (excluding diaryl/α,β-unsaturated/α-hetero) is 1. The van der Waals surface area contributed by atoms with E-state index in [0.29, 0.717) is 5.56 Å². The van der Waals surface area contributed by atoms with Crippen LogP contribution in [0, 0.1) is 13.8 Å². The lowest BCUT2D eigenvalue weighted by Crippen LogP contribution is -2.31. The van der Waals surface area contributed by atoms with Crippen LogP contribution in [0.1, 0.15) is 35.1 Å². The highest BCUT2D eigenvalue weighted by atomic mass is 32.2. The molecule has 2 aromatic rings. The Labute approximate surface area is 162 Å². The molecule has 1 aliphatic rings. The molecular formula is C20H22N2O4S. The van der Waals surface area contributed by atoms with Gasteiger partial charge in [-0.2, -0.15) is 0 Å². The van der Waals surface area contributed by atoms with Crippen molar-refractivity contribution in [2.24, 2.45) is 0 Å². The minimum Gasteiger partial charge on any atom is -0.457 e. The molecule has 0 radical (unpaired) electrons. The number of carbonyl (C=O) groups is 3. The Hall–Kier alpha value is -2.54. The maximum Gasteiger partial charge on any atom is 0.307 e. The number of rotatable bonds is 6. The van der Waals surface area contributed by atoms with E-state index in [-0.39, 0.29) is 24.7 Å². The second-order valence-corrected chi connectivity index (χ2v) is 7.65. The molecule has 7 heteroatoms. The maximum atomic E-state index is 12.4. The predicted molar refractivity (Wildman–Crippen MR) is 104 cm³/mol. The fourth-order valence-corrected chi connectivity index (χ4v) is 4.33. The number of aryl methyl sites for hydroxylation is 1. The van der Waals surface area contributed by atoms with Crippen LogP contribution < -0.4 is 5.32 Å². The van der Waals surface area contributed by atoms with Crippen LogP contribution in [0.15, 0.2) is 35.2 Å². The highest BCUT2D eigenvalue weighted by Gasteiger charge is 2.29. The molecule has 0 bridgehead atoms. The van der Waals surface area contributed by atoms with Crippen LogP contribution in [0.5, 0.6) is 0 Å². The van der Waals surface area contributed by atoms with Crippen LogP contribution in [0.3, 0.4) is 0 Å². The Kier molecular flexibility index (Phi) is 5.70. The third-order valence-electron chi connectivity index (χ3n) is 4.61. The molecule has 1 aromatic carbocycles. The van der Waals surface area contributed by atoms with E-state index in [1.165, 1.54) is 11.8 Å². The Morgan fingerprint density at radius 3 is 2.70 bits per heavy atom. The fourth-order valence-electron chi connectivity index (χ4n) is 3.23. The number of nitrogens with zero attached hydrogens (tertiary/aromatic N) is 1. The van der Waals surface area contributed by atoms with E-state index in [1.54, 1.807) is 0 Å². The summed E-state index contributed by atoms with van der Waals surface area (Å²) in [6.45, 7) is 6.30. The van der Waals surface area contributed by atoms with Gasteiger partial charge in [-0.1, -0.05) is 12.1 Å². The van der Waals surface area contributed by atoms with Gasteiger partial charge in [-0.05, 0) is 39.0 Å². The number of carbonyl (C=O) groups excluding carboxylic acids is 3. The fraction of sp³-hybridized carbons (Fsp3) is 0.350. The van der Waals surface area contributed by atoms with Crippen LogP contribution in [0.2, 0.25) is 0 Å². The number of ketones is 1. The minimum atomic E-state index is -0.562. The molecular weight excluding hydrogens is 364 g/mol. The summed E-state index contributed by atoms with van der Waals surface area (Å²) in [6, 6.07) is 9.25. The van der Waals surface area contributed by atoms with E-state index < -0.39 is 11.2 Å². The van der Waals surface area contributed by atoms with Crippen molar-refractivity contribution in [3.63, 3.8) is 0 Å². The average Bonchev–Trinajstić information content (AvgIpc) is 2.94. The largest absolute Gasteiger partial charge is 0.457 e. The number of nitrogens with one attached hydrogen (secondary N) is 1. The second-order valence-electron chi connectivity index (χ2n) is 6.41. The van der Waals surface area contributed by atoms with Crippen molar-refractivity contribution in [1.29, 1.82) is 0 Å². The molecule has 6 nitrogen and oxygen atoms in total. The summed E-state index contributed by atoms with van der Waals surface area (Å²) in [5.74, 6) is -1.02. The van der Waals surface area contributed by atoms with Crippen molar-refractivity contribution in [2.45, 2.75) is 43.9 Å². The zero-order chi connectivity index (χ0) is 19.6. The first-order valence-electron chi connectivity index (χ1n) is 8.82. The number of ether oxygens (including phenoxy) is 1. The van der Waals surface area contributed by atoms with Crippen molar-refractivity contribution in [3.05, 3.63) is 47.3 Å². The molecule has 0 spiro atoms. The molecule has 0 fully saturated rings. The van der Waals surface area contributed by atoms with Crippen LogP contribution in [-0.2, 0) is 20.9 Å². The van der Waals surface area contributed by atoms with Crippen LogP contribution >= 0.6 is 11.8 Å². The number of hydrogen-bond donors (Lipinski definition) is 1. The van der Waals surface area contributed by atoms with Gasteiger partial charge in [0.15, 0.2) is 6.61 Å². The highest BCUT2D eigenvalue weighted by Crippen LogP contribution is 2.36. The van der Waals surface area contributed by atoms with Crippen molar-refractivity contribution in [3.8, 4) is 0 Å². The van der Waals surface area contributed by atoms with Gasteiger partial charge in [0, 0.05) is 28.4 Å². The molecule has 1 N–H and O–H groups in total. The summed E-state index contributed by atoms with van der Waals surface area (Å²) in [7, 11) is 0. The van der Waals surface area contributed by atoms with Crippen LogP contribution in [0.25, 0.3) is 0 Å². The summed E-state index contributed by atoms with van der Waals surface area (Å²) in [5, 5.41) is 2.23. The van der Waals surface area contributed by atoms with Crippen LogP contribution in [0.4, 0.5) is 5.69 Å². The van der Waals surface area contributed by atoms with E-state index in [9.17, 15) is 14.4 Å². The summed E-state index contributed by atoms with van der Waals surface area (Å²) in [5.41, 5.74) is 3.19. The number of esters is 1. The number of aromatic nitrogens is 1. The van der Waals surface area contributed by atoms with Crippen molar-refractivity contribution >= 4 is 35.1 Å². The van der Waals surface area contributed by atoms with Gasteiger partial charge in [-0.15, -0.1) is 11.8 Å². The summed E-state index contributed by atoms with van der Waals surface area (Å²) in [4.78, 5) is 37.6. The predicted octanol–water partition coefficient (Wildman–Crippen LogP) is 3.35. The van der Waals surface area contributed by atoms with E-state index in [4.69, 9.17) is 4.74 Å². The van der Waals surface area contributed by atoms with Crippen LogP contribution in [-0.4, -0.2) is 34.1 Å². The normalized spacial score (nSPS) is 15.8. The Morgan fingerprint density at radius 1 is 1.26 bits per heavy atom. The third kappa shape index (κ3) is 4.08. The quantitative estimate of drug-likeness (QED) is 0.608. The first kappa shape index (κ1) is 19.2. The Balaban J connectivity index is 1.57. The second kappa shape index (κ2) is 8.00. The van der Waals surface area contributed by atoms with Gasteiger partial charge in [-0.3, -0.25) is 14.4 Å². The molecule has 3 rings (SSSR count). The molecule has 0 saturated heterocycles. The first-order valence-corrected chi connectivity index (χ1v) is 9.70. The smallest absolute Gasteiger partial charge is 0.307 e. The van der Waals surface area contributed by atoms with Gasteiger partial charge in [0.1, 0.15) is 0 Å². The standard InChI is InChI=1S/C20H22N2O4S/c1-4-22-12(2)9-14(13(22)3)16(23)11-26-19(24)10-18-20(25)21-15-7-5-6-8-17(15)27-18/h5-9,18H,4,10-11H2,1-3H3,(H,21,25)/t18-/m0/s1. The Bertz CT molecular complexity index is 903. The molecule has 142 valence electrons. The zero-order valence-electron chi connectivity index (χ0n) is 15.6. The van der Waals surface area contributed by atoms with Crippen molar-refractivity contribution in [1.82, 2.24) is 4.57 Å². The monoisotopic (exact) mass is 386 g/mol. The molecule has 27 heavy (non-hydrogen) atoms. The van der Waals surface area contributed by atoms with Gasteiger partial charge >= 0.3 is 5.97 Å². The lowest BCUT2D eigenvalue weighted by molar-refractivity contribution is -0.143. The molecule has 0 saturated carbocycles. The summed E-state index contributed by atoms with van der Waals surface area (Å²) in [6.07, 6.45) is -0.0773. The SMILES string of the molecule is CCn1c(C)cc(C(=O)COC(=O)C[C@@H]2Sc3ccccc3NC2=O)c1C. The number of anilines is 1. The number of fused-ring (bicyclic) bond motifs is 1. The average molecular weight is 386 g/mol. The maximum absolute atomic E-state index is 12.4.